The lowest BCUT2D eigenvalue weighted by molar-refractivity contribution is 0.0821. The number of anilines is 1. The van der Waals surface area contributed by atoms with Gasteiger partial charge in [0.25, 0.3) is 5.91 Å². The molecule has 0 unspecified atom stereocenters. The second kappa shape index (κ2) is 15.1. The van der Waals surface area contributed by atoms with Gasteiger partial charge in [-0.05, 0) is 85.4 Å². The molecule has 1 heterocycles. The van der Waals surface area contributed by atoms with Crippen LogP contribution >= 0.6 is 0 Å². The summed E-state index contributed by atoms with van der Waals surface area (Å²) in [6, 6.07) is 20.6. The van der Waals surface area contributed by atoms with Crippen molar-refractivity contribution in [3.05, 3.63) is 89.0 Å². The Labute approximate surface area is 279 Å². The highest BCUT2D eigenvalue weighted by molar-refractivity contribution is 7.92. The number of aliphatic hydroxyl groups is 1. The molecule has 0 aromatic heterocycles. The first-order chi connectivity index (χ1) is 22.5. The molecule has 3 aromatic carbocycles. The van der Waals surface area contributed by atoms with Crippen molar-refractivity contribution in [3.63, 3.8) is 0 Å². The number of benzene rings is 3. The highest BCUT2D eigenvalue weighted by Crippen LogP contribution is 2.46. The molecule has 2 atom stereocenters. The molecule has 3 N–H and O–H groups in total. The van der Waals surface area contributed by atoms with E-state index in [-0.39, 0.29) is 23.4 Å². The van der Waals surface area contributed by atoms with E-state index in [1.54, 1.807) is 18.2 Å². The fourth-order valence-electron chi connectivity index (χ4n) is 6.00. The Kier molecular flexibility index (Phi) is 11.1. The molecule has 47 heavy (non-hydrogen) atoms. The van der Waals surface area contributed by atoms with Crippen LogP contribution in [0.2, 0.25) is 0 Å². The number of hydrogen-bond acceptors (Lipinski definition) is 7. The number of ether oxygens (including phenoxy) is 2. The van der Waals surface area contributed by atoms with E-state index in [1.807, 2.05) is 31.2 Å². The summed E-state index contributed by atoms with van der Waals surface area (Å²) in [5.74, 6) is 1.12. The SMILES string of the molecule is CCCS(=O)(=O)N(C)c1cc2cc(c1)C(=O)N[C@@H]([C@@H](O)CNC1(c3cccc(C(C)C)c3)CC1)Cc1cccc(c1)OCCCCO2. The quantitative estimate of drug-likeness (QED) is 0.262. The maximum Gasteiger partial charge on any atom is 0.251 e. The monoisotopic (exact) mass is 663 g/mol. The zero-order valence-corrected chi connectivity index (χ0v) is 28.8. The number of amides is 1. The molecule has 9 nitrogen and oxygen atoms in total. The molecule has 254 valence electrons. The summed E-state index contributed by atoms with van der Waals surface area (Å²) in [4.78, 5) is 13.9. The summed E-state index contributed by atoms with van der Waals surface area (Å²) in [6.45, 7) is 7.35. The van der Waals surface area contributed by atoms with Crippen LogP contribution in [0.1, 0.15) is 85.8 Å². The van der Waals surface area contributed by atoms with Crippen molar-refractivity contribution in [3.8, 4) is 11.5 Å². The fourth-order valence-corrected chi connectivity index (χ4v) is 7.22. The van der Waals surface area contributed by atoms with E-state index in [4.69, 9.17) is 9.47 Å². The van der Waals surface area contributed by atoms with Crippen molar-refractivity contribution in [2.75, 3.05) is 36.9 Å². The third kappa shape index (κ3) is 8.86. The molecule has 1 fully saturated rings. The zero-order valence-electron chi connectivity index (χ0n) is 28.0. The van der Waals surface area contributed by atoms with Crippen LogP contribution in [-0.2, 0) is 22.0 Å². The third-order valence-corrected chi connectivity index (χ3v) is 11.1. The van der Waals surface area contributed by atoms with Gasteiger partial charge in [-0.25, -0.2) is 8.42 Å². The first-order valence-corrected chi connectivity index (χ1v) is 18.4. The van der Waals surface area contributed by atoms with Gasteiger partial charge < -0.3 is 25.2 Å². The number of carbonyl (C=O) groups is 1. The van der Waals surface area contributed by atoms with E-state index in [0.29, 0.717) is 43.4 Å². The largest absolute Gasteiger partial charge is 0.494 e. The summed E-state index contributed by atoms with van der Waals surface area (Å²) in [7, 11) is -2.10. The number of nitrogens with zero attached hydrogens (tertiary/aromatic N) is 1. The van der Waals surface area contributed by atoms with Crippen LogP contribution in [0, 0.1) is 0 Å². The predicted octanol–water partition coefficient (Wildman–Crippen LogP) is 5.52. The van der Waals surface area contributed by atoms with Crippen LogP contribution in [0.25, 0.3) is 0 Å². The normalized spacial score (nSPS) is 18.9. The number of carbonyl (C=O) groups excluding carboxylic acids is 1. The van der Waals surface area contributed by atoms with Gasteiger partial charge in [-0.1, -0.05) is 57.2 Å². The number of fused-ring (bicyclic) bond motifs is 4. The first kappa shape index (κ1) is 34.7. The minimum absolute atomic E-state index is 0.0142. The molecule has 1 amide bonds. The van der Waals surface area contributed by atoms with Gasteiger partial charge in [0.15, 0.2) is 0 Å². The third-order valence-electron chi connectivity index (χ3n) is 9.11. The molecule has 10 heteroatoms. The van der Waals surface area contributed by atoms with E-state index < -0.39 is 28.1 Å². The average Bonchev–Trinajstić information content (AvgIpc) is 3.85. The molecule has 4 bridgehead atoms. The second-order valence-electron chi connectivity index (χ2n) is 13.1. The van der Waals surface area contributed by atoms with Crippen molar-refractivity contribution in [2.45, 2.75) is 82.9 Å². The van der Waals surface area contributed by atoms with E-state index in [0.717, 1.165) is 37.0 Å². The maximum absolute atomic E-state index is 13.9. The number of sulfonamides is 1. The smallest absolute Gasteiger partial charge is 0.251 e. The lowest BCUT2D eigenvalue weighted by Crippen LogP contribution is -2.50. The zero-order chi connectivity index (χ0) is 33.6. The molecule has 1 saturated carbocycles. The van der Waals surface area contributed by atoms with Gasteiger partial charge in [0.2, 0.25) is 10.0 Å². The number of hydrogen-bond donors (Lipinski definition) is 3. The molecule has 3 aromatic rings. The molecule has 2 aliphatic rings. The van der Waals surface area contributed by atoms with Crippen molar-refractivity contribution in [2.24, 2.45) is 0 Å². The Morgan fingerprint density at radius 3 is 2.43 bits per heavy atom. The van der Waals surface area contributed by atoms with E-state index >= 15 is 0 Å². The summed E-state index contributed by atoms with van der Waals surface area (Å²) < 4.78 is 39.1. The van der Waals surface area contributed by atoms with Crippen molar-refractivity contribution >= 4 is 21.6 Å². The standard InChI is InChI=1S/C37H49N3O6S/c1-5-18-47(43,44)40(4)31-22-29-23-33(24-31)46-17-7-6-16-45-32-13-8-10-27(19-32)20-34(39-36(29)42)35(41)25-38-37(14-15-37)30-12-9-11-28(21-30)26(2)3/h8-13,19,21-24,26,34-35,38,41H,5-7,14-18,20,25H2,1-4H3,(H,39,42)/t34-,35+/m1/s1. The lowest BCUT2D eigenvalue weighted by Gasteiger charge is -2.28. The lowest BCUT2D eigenvalue weighted by atomic mass is 9.95. The van der Waals surface area contributed by atoms with Crippen LogP contribution in [0.15, 0.2) is 66.7 Å². The second-order valence-corrected chi connectivity index (χ2v) is 15.3. The molecular weight excluding hydrogens is 614 g/mol. The van der Waals surface area contributed by atoms with Crippen molar-refractivity contribution < 1.29 is 27.8 Å². The minimum Gasteiger partial charge on any atom is -0.494 e. The number of rotatable bonds is 10. The molecule has 1 aliphatic carbocycles. The van der Waals surface area contributed by atoms with Crippen molar-refractivity contribution in [1.29, 1.82) is 0 Å². The Morgan fingerprint density at radius 1 is 1.00 bits per heavy atom. The van der Waals surface area contributed by atoms with Gasteiger partial charge in [0.05, 0.1) is 36.8 Å². The predicted molar refractivity (Wildman–Crippen MR) is 186 cm³/mol. The Morgan fingerprint density at radius 2 is 1.72 bits per heavy atom. The van der Waals surface area contributed by atoms with Crippen LogP contribution in [0.5, 0.6) is 11.5 Å². The molecular formula is C37H49N3O6S. The van der Waals surface area contributed by atoms with Gasteiger partial charge in [0, 0.05) is 30.8 Å². The summed E-state index contributed by atoms with van der Waals surface area (Å²) >= 11 is 0. The summed E-state index contributed by atoms with van der Waals surface area (Å²) in [5, 5.41) is 18.4. The van der Waals surface area contributed by atoms with Gasteiger partial charge in [-0.15, -0.1) is 0 Å². The molecule has 0 radical (unpaired) electrons. The van der Waals surface area contributed by atoms with E-state index in [2.05, 4.69) is 48.7 Å². The summed E-state index contributed by atoms with van der Waals surface area (Å²) in [6.07, 6.45) is 3.35. The Hall–Kier alpha value is -3.60. The van der Waals surface area contributed by atoms with Crippen LogP contribution in [0.4, 0.5) is 5.69 Å². The maximum atomic E-state index is 13.9. The number of aliphatic hydroxyl groups excluding tert-OH is 1. The fraction of sp³-hybridized carbons (Fsp3) is 0.486. The van der Waals surface area contributed by atoms with Crippen molar-refractivity contribution in [1.82, 2.24) is 10.6 Å². The van der Waals surface area contributed by atoms with E-state index in [9.17, 15) is 18.3 Å². The van der Waals surface area contributed by atoms with Gasteiger partial charge >= 0.3 is 0 Å². The van der Waals surface area contributed by atoms with Crippen LogP contribution in [-0.4, -0.2) is 64.1 Å². The topological polar surface area (TPSA) is 117 Å². The summed E-state index contributed by atoms with van der Waals surface area (Å²) in [5.41, 5.74) is 3.83. The molecule has 0 saturated heterocycles. The van der Waals surface area contributed by atoms with Gasteiger partial charge in [-0.2, -0.15) is 0 Å². The molecule has 5 rings (SSSR count). The van der Waals surface area contributed by atoms with E-state index in [1.165, 1.54) is 22.5 Å². The minimum atomic E-state index is -3.59. The Bertz CT molecular complexity index is 1640. The average molecular weight is 664 g/mol. The molecule has 0 spiro atoms. The molecule has 1 aliphatic heterocycles. The van der Waals surface area contributed by atoms with Crippen LogP contribution < -0.4 is 24.4 Å². The highest BCUT2D eigenvalue weighted by atomic mass is 32.2. The van der Waals surface area contributed by atoms with Gasteiger partial charge in [-0.3, -0.25) is 9.10 Å². The van der Waals surface area contributed by atoms with Gasteiger partial charge in [0.1, 0.15) is 11.5 Å². The number of nitrogens with one attached hydrogen (secondary N) is 2. The first-order valence-electron chi connectivity index (χ1n) is 16.8. The highest BCUT2D eigenvalue weighted by Gasteiger charge is 2.44. The Balaban J connectivity index is 1.42. The van der Waals surface area contributed by atoms with Crippen LogP contribution in [0.3, 0.4) is 0 Å².